The number of hydrogen-bond donors (Lipinski definition) is 2. The Morgan fingerprint density at radius 1 is 1.50 bits per heavy atom. The molecule has 1 atom stereocenters. The van der Waals surface area contributed by atoms with Crippen molar-refractivity contribution in [3.05, 3.63) is 18.0 Å². The summed E-state index contributed by atoms with van der Waals surface area (Å²) in [5.41, 5.74) is -0.230. The molecule has 0 saturated carbocycles. The molecule has 0 aromatic carbocycles. The molecule has 110 valence electrons. The van der Waals surface area contributed by atoms with Crippen LogP contribution >= 0.6 is 0 Å². The molecular weight excluding hydrogens is 260 g/mol. The summed E-state index contributed by atoms with van der Waals surface area (Å²) in [6.45, 7) is 2.43. The van der Waals surface area contributed by atoms with E-state index in [1.165, 1.54) is 4.90 Å². The second kappa shape index (κ2) is 5.52. The molecule has 0 bridgehead atoms. The lowest BCUT2D eigenvalue weighted by Crippen LogP contribution is -2.59. The summed E-state index contributed by atoms with van der Waals surface area (Å²) in [5.74, 6) is -0.950. The Morgan fingerprint density at radius 2 is 2.25 bits per heavy atom. The van der Waals surface area contributed by atoms with Gasteiger partial charge < -0.3 is 15.3 Å². The predicted octanol–water partition coefficient (Wildman–Crippen LogP) is 0.959. The second-order valence-corrected chi connectivity index (χ2v) is 5.37. The number of carboxylic acids is 1. The molecule has 1 unspecified atom stereocenters. The fraction of sp³-hybridized carbons (Fsp3) is 0.615. The van der Waals surface area contributed by atoms with Gasteiger partial charge in [-0.1, -0.05) is 0 Å². The Labute approximate surface area is 117 Å². The highest BCUT2D eigenvalue weighted by molar-refractivity contribution is 5.86. The molecule has 1 saturated heterocycles. The molecule has 2 N–H and O–H groups in total. The van der Waals surface area contributed by atoms with Crippen molar-refractivity contribution < 1.29 is 14.7 Å². The Morgan fingerprint density at radius 3 is 2.85 bits per heavy atom. The number of aryl methyl sites for hydroxylation is 1. The summed E-state index contributed by atoms with van der Waals surface area (Å²) >= 11 is 0. The number of carboxylic acid groups (broad SMARTS) is 1. The van der Waals surface area contributed by atoms with Crippen molar-refractivity contribution in [3.63, 3.8) is 0 Å². The van der Waals surface area contributed by atoms with E-state index in [2.05, 4.69) is 10.4 Å². The molecule has 0 aliphatic carbocycles. The molecule has 1 aromatic rings. The number of hydrogen-bond acceptors (Lipinski definition) is 3. The summed E-state index contributed by atoms with van der Waals surface area (Å²) in [5, 5.41) is 16.2. The van der Waals surface area contributed by atoms with Crippen molar-refractivity contribution in [2.75, 3.05) is 6.54 Å². The summed E-state index contributed by atoms with van der Waals surface area (Å²) in [6.07, 6.45) is 5.64. The molecule has 1 aliphatic heterocycles. The lowest BCUT2D eigenvalue weighted by atomic mass is 9.89. The van der Waals surface area contributed by atoms with Gasteiger partial charge in [0, 0.05) is 31.9 Å². The van der Waals surface area contributed by atoms with Gasteiger partial charge in [0.05, 0.1) is 6.20 Å². The number of piperidine rings is 1. The molecule has 2 heterocycles. The van der Waals surface area contributed by atoms with Crippen molar-refractivity contribution in [2.24, 2.45) is 7.05 Å². The molecule has 1 fully saturated rings. The molecule has 1 aliphatic rings. The fourth-order valence-electron chi connectivity index (χ4n) is 2.51. The van der Waals surface area contributed by atoms with Crippen molar-refractivity contribution in [2.45, 2.75) is 38.3 Å². The van der Waals surface area contributed by atoms with E-state index in [1.54, 1.807) is 24.9 Å². The third-order valence-electron chi connectivity index (χ3n) is 3.80. The predicted molar refractivity (Wildman–Crippen MR) is 72.0 cm³/mol. The largest absolute Gasteiger partial charge is 0.480 e. The number of carbonyl (C=O) groups is 2. The van der Waals surface area contributed by atoms with Gasteiger partial charge in [-0.25, -0.2) is 9.59 Å². The lowest BCUT2D eigenvalue weighted by Gasteiger charge is -2.41. The highest BCUT2D eigenvalue weighted by Gasteiger charge is 2.43. The highest BCUT2D eigenvalue weighted by atomic mass is 16.4. The molecule has 2 rings (SSSR count). The zero-order valence-electron chi connectivity index (χ0n) is 11.8. The van der Waals surface area contributed by atoms with E-state index in [4.69, 9.17) is 0 Å². The number of rotatable bonds is 3. The number of nitrogens with zero attached hydrogens (tertiary/aromatic N) is 3. The first-order valence-corrected chi connectivity index (χ1v) is 6.70. The minimum Gasteiger partial charge on any atom is -0.480 e. The van der Waals surface area contributed by atoms with Crippen LogP contribution in [0.3, 0.4) is 0 Å². The maximum atomic E-state index is 12.2. The number of urea groups is 1. The molecule has 1 aromatic heterocycles. The fourth-order valence-corrected chi connectivity index (χ4v) is 2.51. The number of aliphatic carboxylic acids is 1. The summed E-state index contributed by atoms with van der Waals surface area (Å²) in [6, 6.07) is -0.335. The Bertz CT molecular complexity index is 513. The number of carbonyl (C=O) groups excluding carboxylic acids is 1. The Kier molecular flexibility index (Phi) is 3.96. The van der Waals surface area contributed by atoms with Crippen LogP contribution in [-0.4, -0.2) is 43.9 Å². The monoisotopic (exact) mass is 280 g/mol. The van der Waals surface area contributed by atoms with E-state index in [0.29, 0.717) is 19.5 Å². The van der Waals surface area contributed by atoms with Gasteiger partial charge >= 0.3 is 12.0 Å². The number of nitrogens with one attached hydrogen (secondary N) is 1. The van der Waals surface area contributed by atoms with E-state index in [9.17, 15) is 14.7 Å². The van der Waals surface area contributed by atoms with E-state index in [1.807, 2.05) is 6.20 Å². The van der Waals surface area contributed by atoms with Crippen molar-refractivity contribution >= 4 is 12.0 Å². The topological polar surface area (TPSA) is 87.5 Å². The van der Waals surface area contributed by atoms with E-state index >= 15 is 0 Å². The van der Waals surface area contributed by atoms with Crippen molar-refractivity contribution in [1.29, 1.82) is 0 Å². The minimum absolute atomic E-state index is 0.335. The van der Waals surface area contributed by atoms with Gasteiger partial charge in [-0.15, -0.1) is 0 Å². The second-order valence-electron chi connectivity index (χ2n) is 5.37. The van der Waals surface area contributed by atoms with E-state index in [0.717, 1.165) is 18.4 Å². The normalized spacial score (nSPS) is 22.6. The number of amides is 2. The lowest BCUT2D eigenvalue weighted by molar-refractivity contribution is -0.150. The molecule has 7 heteroatoms. The molecule has 0 radical (unpaired) electrons. The first-order valence-electron chi connectivity index (χ1n) is 6.70. The van der Waals surface area contributed by atoms with Crippen LogP contribution in [-0.2, 0) is 18.4 Å². The number of aromatic nitrogens is 2. The highest BCUT2D eigenvalue weighted by Crippen LogP contribution is 2.28. The number of likely N-dealkylation sites (tertiary alicyclic amines) is 1. The smallest absolute Gasteiger partial charge is 0.329 e. The SMILES string of the molecule is Cn1cc(CNC(=O)N2CCCCC2(C)C(=O)O)cn1. The average molecular weight is 280 g/mol. The third-order valence-corrected chi connectivity index (χ3v) is 3.80. The van der Waals surface area contributed by atoms with Gasteiger partial charge in [0.2, 0.25) is 0 Å². The molecular formula is C13H20N4O3. The van der Waals surface area contributed by atoms with E-state index in [-0.39, 0.29) is 6.03 Å². The maximum absolute atomic E-state index is 12.2. The maximum Gasteiger partial charge on any atom is 0.329 e. The van der Waals surface area contributed by atoms with Crippen LogP contribution in [0.25, 0.3) is 0 Å². The first kappa shape index (κ1) is 14.4. The van der Waals surface area contributed by atoms with Gasteiger partial charge in [-0.2, -0.15) is 5.10 Å². The quantitative estimate of drug-likeness (QED) is 0.863. The van der Waals surface area contributed by atoms with Crippen molar-refractivity contribution in [1.82, 2.24) is 20.0 Å². The van der Waals surface area contributed by atoms with Crippen LogP contribution in [0.2, 0.25) is 0 Å². The van der Waals surface area contributed by atoms with E-state index < -0.39 is 11.5 Å². The summed E-state index contributed by atoms with van der Waals surface area (Å²) in [4.78, 5) is 25.1. The van der Waals surface area contributed by atoms with Crippen molar-refractivity contribution in [3.8, 4) is 0 Å². The average Bonchev–Trinajstić information content (AvgIpc) is 2.82. The summed E-state index contributed by atoms with van der Waals surface area (Å²) in [7, 11) is 1.80. The molecule has 20 heavy (non-hydrogen) atoms. The van der Waals surface area contributed by atoms with Gasteiger partial charge in [-0.3, -0.25) is 4.68 Å². The van der Waals surface area contributed by atoms with Crippen LogP contribution in [0.5, 0.6) is 0 Å². The van der Waals surface area contributed by atoms with Gasteiger partial charge in [0.15, 0.2) is 0 Å². The third kappa shape index (κ3) is 2.76. The Balaban J connectivity index is 2.01. The summed E-state index contributed by atoms with van der Waals surface area (Å²) < 4.78 is 1.66. The van der Waals surface area contributed by atoms with Gasteiger partial charge in [0.25, 0.3) is 0 Å². The molecule has 2 amide bonds. The minimum atomic E-state index is -1.11. The standard InChI is InChI=1S/C13H20N4O3/c1-13(11(18)19)5-3-4-6-17(13)12(20)14-7-10-8-15-16(2)9-10/h8-9H,3-7H2,1-2H3,(H,14,20)(H,18,19). The van der Waals surface area contributed by atoms with Gasteiger partial charge in [0.1, 0.15) is 5.54 Å². The van der Waals surface area contributed by atoms with Crippen LogP contribution in [0, 0.1) is 0 Å². The van der Waals surface area contributed by atoms with Crippen LogP contribution in [0.15, 0.2) is 12.4 Å². The van der Waals surface area contributed by atoms with Crippen LogP contribution < -0.4 is 5.32 Å². The zero-order chi connectivity index (χ0) is 14.8. The first-order chi connectivity index (χ1) is 9.43. The van der Waals surface area contributed by atoms with Crippen LogP contribution in [0.1, 0.15) is 31.7 Å². The Hall–Kier alpha value is -2.05. The zero-order valence-corrected chi connectivity index (χ0v) is 11.8. The molecule has 7 nitrogen and oxygen atoms in total. The molecule has 0 spiro atoms. The van der Waals surface area contributed by atoms with Crippen LogP contribution in [0.4, 0.5) is 4.79 Å². The van der Waals surface area contributed by atoms with Gasteiger partial charge in [-0.05, 0) is 26.2 Å².